The number of aromatic nitrogens is 2. The average molecular weight is 367 g/mol. The van der Waals surface area contributed by atoms with Crippen molar-refractivity contribution < 1.29 is 12.8 Å². The molecule has 0 saturated heterocycles. The predicted molar refractivity (Wildman–Crippen MR) is 97.4 cm³/mol. The van der Waals surface area contributed by atoms with Gasteiger partial charge >= 0.3 is 0 Å². The third-order valence-corrected chi connectivity index (χ3v) is 5.06. The molecule has 2 heterocycles. The van der Waals surface area contributed by atoms with Gasteiger partial charge in [0, 0.05) is 17.3 Å². The van der Waals surface area contributed by atoms with Crippen LogP contribution in [0.3, 0.4) is 0 Å². The summed E-state index contributed by atoms with van der Waals surface area (Å²) in [7, 11) is -3.76. The van der Waals surface area contributed by atoms with Gasteiger partial charge in [0.05, 0.1) is 10.4 Å². The normalized spacial score (nSPS) is 11.8. The number of hydrogen-bond acceptors (Lipinski definition) is 3. The van der Waals surface area contributed by atoms with Crippen LogP contribution in [0, 0.1) is 5.82 Å². The highest BCUT2D eigenvalue weighted by molar-refractivity contribution is 7.89. The van der Waals surface area contributed by atoms with Crippen molar-refractivity contribution in [3.8, 4) is 22.4 Å². The predicted octanol–water partition coefficient (Wildman–Crippen LogP) is 3.45. The molecular formula is C19H14FN3O2S. The Morgan fingerprint density at radius 3 is 2.19 bits per heavy atom. The Hall–Kier alpha value is -3.03. The number of sulfonamides is 1. The molecule has 4 aromatic rings. The quantitative estimate of drug-likeness (QED) is 0.602. The Morgan fingerprint density at radius 2 is 1.54 bits per heavy atom. The monoisotopic (exact) mass is 367 g/mol. The van der Waals surface area contributed by atoms with Crippen molar-refractivity contribution in [3.05, 3.63) is 78.7 Å². The molecule has 0 unspecified atom stereocenters. The fourth-order valence-corrected chi connectivity index (χ4v) is 3.42. The van der Waals surface area contributed by atoms with E-state index < -0.39 is 10.0 Å². The van der Waals surface area contributed by atoms with Crippen LogP contribution < -0.4 is 5.14 Å². The molecule has 130 valence electrons. The Labute approximate surface area is 149 Å². The average Bonchev–Trinajstić information content (AvgIpc) is 3.01. The van der Waals surface area contributed by atoms with Crippen LogP contribution in [0.2, 0.25) is 0 Å². The summed E-state index contributed by atoms with van der Waals surface area (Å²) >= 11 is 0. The first-order chi connectivity index (χ1) is 12.4. The molecular weight excluding hydrogens is 353 g/mol. The third kappa shape index (κ3) is 2.87. The van der Waals surface area contributed by atoms with E-state index >= 15 is 0 Å². The van der Waals surface area contributed by atoms with Gasteiger partial charge in [-0.3, -0.25) is 0 Å². The van der Waals surface area contributed by atoms with E-state index in [0.29, 0.717) is 5.69 Å². The second-order valence-corrected chi connectivity index (χ2v) is 7.39. The number of hydrogen-bond donors (Lipinski definition) is 1. The lowest BCUT2D eigenvalue weighted by atomic mass is 10.00. The van der Waals surface area contributed by atoms with E-state index in [1.54, 1.807) is 28.8 Å². The number of fused-ring (bicyclic) bond motifs is 1. The summed E-state index contributed by atoms with van der Waals surface area (Å²) in [5, 5.41) is 9.77. The molecule has 5 nitrogen and oxygen atoms in total. The summed E-state index contributed by atoms with van der Waals surface area (Å²) in [6.45, 7) is 0. The molecule has 7 heteroatoms. The first kappa shape index (κ1) is 16.4. The molecule has 0 aliphatic rings. The van der Waals surface area contributed by atoms with Gasteiger partial charge in [0.25, 0.3) is 0 Å². The van der Waals surface area contributed by atoms with Crippen molar-refractivity contribution in [2.24, 2.45) is 5.14 Å². The van der Waals surface area contributed by atoms with Gasteiger partial charge in [-0.05, 0) is 42.0 Å². The summed E-state index contributed by atoms with van der Waals surface area (Å²) in [5.41, 5.74) is 3.93. The van der Waals surface area contributed by atoms with E-state index in [-0.39, 0.29) is 10.7 Å². The molecule has 2 aromatic carbocycles. The first-order valence-corrected chi connectivity index (χ1v) is 9.35. The smallest absolute Gasteiger partial charge is 0.238 e. The van der Waals surface area contributed by atoms with Crippen molar-refractivity contribution in [1.82, 2.24) is 9.61 Å². The molecule has 0 fully saturated rings. The van der Waals surface area contributed by atoms with Crippen LogP contribution in [0.5, 0.6) is 0 Å². The summed E-state index contributed by atoms with van der Waals surface area (Å²) in [6.07, 6.45) is 1.82. The molecule has 0 radical (unpaired) electrons. The zero-order valence-electron chi connectivity index (χ0n) is 13.5. The molecule has 26 heavy (non-hydrogen) atoms. The molecule has 0 aliphatic carbocycles. The van der Waals surface area contributed by atoms with Crippen LogP contribution in [0.1, 0.15) is 0 Å². The highest BCUT2D eigenvalue weighted by atomic mass is 32.2. The molecule has 0 aliphatic heterocycles. The summed E-state index contributed by atoms with van der Waals surface area (Å²) < 4.78 is 38.0. The number of halogens is 1. The van der Waals surface area contributed by atoms with Gasteiger partial charge in [-0.25, -0.2) is 22.5 Å². The summed E-state index contributed by atoms with van der Waals surface area (Å²) in [6, 6.07) is 18.1. The van der Waals surface area contributed by atoms with Gasteiger partial charge in [-0.1, -0.05) is 30.3 Å². The number of primary sulfonamides is 1. The second kappa shape index (κ2) is 6.05. The highest BCUT2D eigenvalue weighted by Crippen LogP contribution is 2.35. The lowest BCUT2D eigenvalue weighted by molar-refractivity contribution is 0.598. The fraction of sp³-hybridized carbons (Fsp3) is 0. The van der Waals surface area contributed by atoms with Crippen LogP contribution in [-0.4, -0.2) is 18.0 Å². The van der Waals surface area contributed by atoms with Crippen molar-refractivity contribution >= 4 is 15.5 Å². The topological polar surface area (TPSA) is 77.5 Å². The van der Waals surface area contributed by atoms with Crippen LogP contribution in [-0.2, 0) is 10.0 Å². The number of rotatable bonds is 3. The van der Waals surface area contributed by atoms with E-state index in [2.05, 4.69) is 5.10 Å². The number of nitrogens with two attached hydrogens (primary N) is 1. The lowest BCUT2D eigenvalue weighted by Gasteiger charge is -2.05. The van der Waals surface area contributed by atoms with E-state index in [0.717, 1.165) is 22.2 Å². The zero-order valence-corrected chi connectivity index (χ0v) is 14.3. The van der Waals surface area contributed by atoms with Crippen molar-refractivity contribution in [2.45, 2.75) is 4.90 Å². The van der Waals surface area contributed by atoms with Crippen molar-refractivity contribution in [2.75, 3.05) is 0 Å². The fourth-order valence-electron chi connectivity index (χ4n) is 2.90. The molecule has 0 spiro atoms. The maximum absolute atomic E-state index is 13.3. The minimum absolute atomic E-state index is 0.0355. The summed E-state index contributed by atoms with van der Waals surface area (Å²) in [4.78, 5) is 0.0355. The van der Waals surface area contributed by atoms with Gasteiger partial charge in [0.2, 0.25) is 10.0 Å². The van der Waals surface area contributed by atoms with Gasteiger partial charge in [-0.15, -0.1) is 0 Å². The van der Waals surface area contributed by atoms with E-state index in [4.69, 9.17) is 5.14 Å². The standard InChI is InChI=1S/C19H14FN3O2S/c20-15-8-4-13(5-9-15)18-17-3-1-2-12-23(17)22-19(18)14-6-10-16(11-7-14)26(21,24)25/h1-12H,(H2,21,24,25). The second-order valence-electron chi connectivity index (χ2n) is 5.83. The molecule has 0 saturated carbocycles. The minimum Gasteiger partial charge on any atom is -0.240 e. The molecule has 0 amide bonds. The third-order valence-electron chi connectivity index (χ3n) is 4.13. The maximum Gasteiger partial charge on any atom is 0.238 e. The largest absolute Gasteiger partial charge is 0.240 e. The lowest BCUT2D eigenvalue weighted by Crippen LogP contribution is -2.11. The van der Waals surface area contributed by atoms with Crippen LogP contribution in [0.15, 0.2) is 77.8 Å². The highest BCUT2D eigenvalue weighted by Gasteiger charge is 2.17. The van der Waals surface area contributed by atoms with Gasteiger partial charge in [0.15, 0.2) is 0 Å². The first-order valence-electron chi connectivity index (χ1n) is 7.80. The van der Waals surface area contributed by atoms with E-state index in [9.17, 15) is 12.8 Å². The Kier molecular flexibility index (Phi) is 3.82. The van der Waals surface area contributed by atoms with Crippen molar-refractivity contribution in [1.29, 1.82) is 0 Å². The molecule has 2 N–H and O–H groups in total. The maximum atomic E-state index is 13.3. The SMILES string of the molecule is NS(=O)(=O)c1ccc(-c2nn3ccccc3c2-c2ccc(F)cc2)cc1. The zero-order chi connectivity index (χ0) is 18.3. The van der Waals surface area contributed by atoms with Crippen molar-refractivity contribution in [3.63, 3.8) is 0 Å². The molecule has 2 aromatic heterocycles. The van der Waals surface area contributed by atoms with Crippen LogP contribution in [0.25, 0.3) is 27.9 Å². The van der Waals surface area contributed by atoms with E-state index in [1.807, 2.05) is 24.4 Å². The van der Waals surface area contributed by atoms with E-state index in [1.165, 1.54) is 24.3 Å². The molecule has 0 bridgehead atoms. The molecule has 4 rings (SSSR count). The molecule has 0 atom stereocenters. The van der Waals surface area contributed by atoms with Crippen LogP contribution >= 0.6 is 0 Å². The van der Waals surface area contributed by atoms with Gasteiger partial charge in [0.1, 0.15) is 11.5 Å². The number of benzene rings is 2. The Morgan fingerprint density at radius 1 is 0.885 bits per heavy atom. The Bertz CT molecular complexity index is 1200. The van der Waals surface area contributed by atoms with Gasteiger partial charge < -0.3 is 0 Å². The minimum atomic E-state index is -3.76. The number of pyridine rings is 1. The van der Waals surface area contributed by atoms with Gasteiger partial charge in [-0.2, -0.15) is 5.10 Å². The number of nitrogens with zero attached hydrogens (tertiary/aromatic N) is 2. The Balaban J connectivity index is 1.95. The van der Waals surface area contributed by atoms with Crippen LogP contribution in [0.4, 0.5) is 4.39 Å². The summed E-state index contributed by atoms with van der Waals surface area (Å²) in [5.74, 6) is -0.315.